The molecule has 1 N–H and O–H groups in total. The van der Waals surface area contributed by atoms with Gasteiger partial charge in [0.2, 0.25) is 11.8 Å². The van der Waals surface area contributed by atoms with Crippen LogP contribution in [0.25, 0.3) is 0 Å². The van der Waals surface area contributed by atoms with Crippen LogP contribution in [0, 0.1) is 6.92 Å². The zero-order valence-corrected chi connectivity index (χ0v) is 13.2. The number of hydrogen-bond acceptors (Lipinski definition) is 3. The summed E-state index contributed by atoms with van der Waals surface area (Å²) < 4.78 is 0. The van der Waals surface area contributed by atoms with Gasteiger partial charge in [0, 0.05) is 37.7 Å². The first-order chi connectivity index (χ1) is 10.6. The van der Waals surface area contributed by atoms with Gasteiger partial charge in [0.15, 0.2) is 0 Å². The average Bonchev–Trinajstić information content (AvgIpc) is 3.09. The SMILES string of the molecule is Cc1cn[nH]c1[C@@H]1CCN(C(=O)CN2CCCCCC2=O)C1. The van der Waals surface area contributed by atoms with Gasteiger partial charge in [-0.25, -0.2) is 0 Å². The summed E-state index contributed by atoms with van der Waals surface area (Å²) in [7, 11) is 0. The monoisotopic (exact) mass is 304 g/mol. The van der Waals surface area contributed by atoms with Gasteiger partial charge in [-0.2, -0.15) is 5.10 Å². The molecule has 0 bridgehead atoms. The van der Waals surface area contributed by atoms with Crippen LogP contribution in [0.1, 0.15) is 49.3 Å². The molecule has 6 heteroatoms. The molecule has 1 atom stereocenters. The molecule has 2 fully saturated rings. The predicted molar refractivity (Wildman–Crippen MR) is 82.3 cm³/mol. The van der Waals surface area contributed by atoms with Gasteiger partial charge in [-0.15, -0.1) is 0 Å². The number of carbonyl (C=O) groups excluding carboxylic acids is 2. The molecule has 6 nitrogen and oxygen atoms in total. The molecule has 0 aliphatic carbocycles. The molecule has 0 spiro atoms. The summed E-state index contributed by atoms with van der Waals surface area (Å²) in [6, 6.07) is 0. The second-order valence-electron chi connectivity index (χ2n) is 6.42. The Bertz CT molecular complexity index is 554. The van der Waals surface area contributed by atoms with Crippen molar-refractivity contribution in [3.8, 4) is 0 Å². The second-order valence-corrected chi connectivity index (χ2v) is 6.42. The molecule has 3 heterocycles. The van der Waals surface area contributed by atoms with E-state index in [-0.39, 0.29) is 18.4 Å². The highest BCUT2D eigenvalue weighted by Crippen LogP contribution is 2.27. The first-order valence-electron chi connectivity index (χ1n) is 8.20. The van der Waals surface area contributed by atoms with E-state index in [1.807, 2.05) is 18.0 Å². The number of nitrogens with zero attached hydrogens (tertiary/aromatic N) is 3. The van der Waals surface area contributed by atoms with E-state index in [0.29, 0.717) is 12.3 Å². The van der Waals surface area contributed by atoms with Crippen LogP contribution in [-0.2, 0) is 9.59 Å². The lowest BCUT2D eigenvalue weighted by Crippen LogP contribution is -2.41. The number of hydrogen-bond donors (Lipinski definition) is 1. The molecule has 2 saturated heterocycles. The number of aryl methyl sites for hydroxylation is 1. The molecule has 0 saturated carbocycles. The third-order valence-electron chi connectivity index (χ3n) is 4.81. The highest BCUT2D eigenvalue weighted by atomic mass is 16.2. The van der Waals surface area contributed by atoms with Gasteiger partial charge in [-0.05, 0) is 31.7 Å². The van der Waals surface area contributed by atoms with Gasteiger partial charge in [-0.3, -0.25) is 14.7 Å². The summed E-state index contributed by atoms with van der Waals surface area (Å²) in [5, 5.41) is 7.12. The Morgan fingerprint density at radius 3 is 3.00 bits per heavy atom. The van der Waals surface area contributed by atoms with Gasteiger partial charge < -0.3 is 9.80 Å². The molecule has 1 aromatic rings. The number of aromatic amines is 1. The number of H-pyrrole nitrogens is 1. The van der Waals surface area contributed by atoms with Crippen molar-refractivity contribution in [2.75, 3.05) is 26.2 Å². The summed E-state index contributed by atoms with van der Waals surface area (Å²) in [4.78, 5) is 28.1. The molecule has 0 aromatic carbocycles. The van der Waals surface area contributed by atoms with Crippen LogP contribution in [0.3, 0.4) is 0 Å². The number of rotatable bonds is 3. The Labute approximate surface area is 130 Å². The van der Waals surface area contributed by atoms with Crippen molar-refractivity contribution in [2.24, 2.45) is 0 Å². The topological polar surface area (TPSA) is 69.3 Å². The minimum atomic E-state index is 0.0786. The zero-order valence-electron chi connectivity index (χ0n) is 13.2. The van der Waals surface area contributed by atoms with Crippen LogP contribution < -0.4 is 0 Å². The number of likely N-dealkylation sites (tertiary alicyclic amines) is 2. The van der Waals surface area contributed by atoms with Crippen LogP contribution >= 0.6 is 0 Å². The molecule has 3 rings (SSSR count). The third kappa shape index (κ3) is 3.15. The van der Waals surface area contributed by atoms with Gasteiger partial charge >= 0.3 is 0 Å². The molecule has 0 radical (unpaired) electrons. The van der Waals surface area contributed by atoms with Crippen molar-refractivity contribution in [1.29, 1.82) is 0 Å². The largest absolute Gasteiger partial charge is 0.340 e. The molecular weight excluding hydrogens is 280 g/mol. The Hall–Kier alpha value is -1.85. The third-order valence-corrected chi connectivity index (χ3v) is 4.81. The smallest absolute Gasteiger partial charge is 0.242 e. The fourth-order valence-electron chi connectivity index (χ4n) is 3.46. The van der Waals surface area contributed by atoms with Gasteiger partial charge in [0.25, 0.3) is 0 Å². The normalized spacial score (nSPS) is 23.0. The average molecular weight is 304 g/mol. The quantitative estimate of drug-likeness (QED) is 0.918. The van der Waals surface area contributed by atoms with Gasteiger partial charge in [0.05, 0.1) is 12.7 Å². The maximum atomic E-state index is 12.5. The summed E-state index contributed by atoms with van der Waals surface area (Å²) >= 11 is 0. The van der Waals surface area contributed by atoms with Crippen LogP contribution in [0.15, 0.2) is 6.20 Å². The molecule has 2 aliphatic rings. The molecule has 2 amide bonds. The van der Waals surface area contributed by atoms with Crippen molar-refractivity contribution in [2.45, 2.75) is 44.9 Å². The minimum absolute atomic E-state index is 0.0786. The summed E-state index contributed by atoms with van der Waals surface area (Å²) in [6.07, 6.45) is 6.42. The lowest BCUT2D eigenvalue weighted by molar-refractivity contribution is -0.139. The maximum absolute atomic E-state index is 12.5. The van der Waals surface area contributed by atoms with Crippen molar-refractivity contribution in [1.82, 2.24) is 20.0 Å². The number of amides is 2. The second kappa shape index (κ2) is 6.50. The van der Waals surface area contributed by atoms with E-state index in [2.05, 4.69) is 10.2 Å². The summed E-state index contributed by atoms with van der Waals surface area (Å²) in [6.45, 7) is 4.50. The first-order valence-corrected chi connectivity index (χ1v) is 8.20. The predicted octanol–water partition coefficient (Wildman–Crippen LogP) is 1.44. The van der Waals surface area contributed by atoms with Gasteiger partial charge in [0.1, 0.15) is 0 Å². The Kier molecular flexibility index (Phi) is 4.45. The molecule has 0 unspecified atom stereocenters. The minimum Gasteiger partial charge on any atom is -0.340 e. The fraction of sp³-hybridized carbons (Fsp3) is 0.688. The zero-order chi connectivity index (χ0) is 15.5. The first kappa shape index (κ1) is 15.1. The highest BCUT2D eigenvalue weighted by molar-refractivity contribution is 5.85. The van der Waals surface area contributed by atoms with E-state index in [0.717, 1.165) is 56.6 Å². The molecule has 120 valence electrons. The number of aromatic nitrogens is 2. The van der Waals surface area contributed by atoms with Crippen molar-refractivity contribution in [3.05, 3.63) is 17.5 Å². The highest BCUT2D eigenvalue weighted by Gasteiger charge is 2.30. The number of nitrogens with one attached hydrogen (secondary N) is 1. The maximum Gasteiger partial charge on any atom is 0.242 e. The van der Waals surface area contributed by atoms with Crippen LogP contribution in [-0.4, -0.2) is 58.0 Å². The van der Waals surface area contributed by atoms with E-state index in [1.54, 1.807) is 4.90 Å². The van der Waals surface area contributed by atoms with Crippen LogP contribution in [0.5, 0.6) is 0 Å². The lowest BCUT2D eigenvalue weighted by atomic mass is 10.0. The molecule has 1 aromatic heterocycles. The van der Waals surface area contributed by atoms with E-state index < -0.39 is 0 Å². The summed E-state index contributed by atoms with van der Waals surface area (Å²) in [5.74, 6) is 0.548. The fourth-order valence-corrected chi connectivity index (χ4v) is 3.46. The Morgan fingerprint density at radius 1 is 1.36 bits per heavy atom. The summed E-state index contributed by atoms with van der Waals surface area (Å²) in [5.41, 5.74) is 2.29. The number of carbonyl (C=O) groups is 2. The van der Waals surface area contributed by atoms with E-state index >= 15 is 0 Å². The standard InChI is InChI=1S/C16H24N4O2/c1-12-9-17-18-16(12)13-6-8-20(10-13)15(22)11-19-7-4-2-3-5-14(19)21/h9,13H,2-8,10-11H2,1H3,(H,17,18)/t13-/m1/s1. The van der Waals surface area contributed by atoms with Crippen molar-refractivity contribution >= 4 is 11.8 Å². The van der Waals surface area contributed by atoms with Crippen LogP contribution in [0.4, 0.5) is 0 Å². The van der Waals surface area contributed by atoms with Crippen LogP contribution in [0.2, 0.25) is 0 Å². The Morgan fingerprint density at radius 2 is 2.23 bits per heavy atom. The van der Waals surface area contributed by atoms with E-state index in [9.17, 15) is 9.59 Å². The molecular formula is C16H24N4O2. The Balaban J connectivity index is 1.57. The van der Waals surface area contributed by atoms with Crippen molar-refractivity contribution < 1.29 is 9.59 Å². The molecule has 2 aliphatic heterocycles. The van der Waals surface area contributed by atoms with E-state index in [1.165, 1.54) is 0 Å². The molecule has 22 heavy (non-hydrogen) atoms. The van der Waals surface area contributed by atoms with Crippen molar-refractivity contribution in [3.63, 3.8) is 0 Å². The lowest BCUT2D eigenvalue weighted by Gasteiger charge is -2.24. The van der Waals surface area contributed by atoms with Gasteiger partial charge in [-0.1, -0.05) is 6.42 Å². The van der Waals surface area contributed by atoms with E-state index in [4.69, 9.17) is 0 Å².